The molecule has 4 amide bonds. The molecule has 5 rings (SSSR count). The number of amides is 4. The maximum atomic E-state index is 12.9. The van der Waals surface area contributed by atoms with E-state index in [2.05, 4.69) is 34.6 Å². The van der Waals surface area contributed by atoms with E-state index in [1.54, 1.807) is 4.90 Å². The summed E-state index contributed by atoms with van der Waals surface area (Å²) in [6, 6.07) is 17.1. The fraction of sp³-hybridized carbons (Fsp3) is 0.346. The smallest absolute Gasteiger partial charge is 0.325 e. The molecule has 3 heterocycles. The fourth-order valence-electron chi connectivity index (χ4n) is 4.95. The van der Waals surface area contributed by atoms with Crippen LogP contribution in [0.4, 0.5) is 4.79 Å². The molecule has 2 aliphatic rings. The van der Waals surface area contributed by atoms with Crippen LogP contribution in [-0.2, 0) is 22.4 Å². The molecule has 0 bridgehead atoms. The summed E-state index contributed by atoms with van der Waals surface area (Å²) in [6.45, 7) is 1.13. The van der Waals surface area contributed by atoms with Gasteiger partial charge in [-0.15, -0.1) is 0 Å². The first-order chi connectivity index (χ1) is 16.1. The van der Waals surface area contributed by atoms with E-state index < -0.39 is 12.1 Å². The Kier molecular flexibility index (Phi) is 5.86. The van der Waals surface area contributed by atoms with Gasteiger partial charge in [0, 0.05) is 36.6 Å². The second-order valence-corrected chi connectivity index (χ2v) is 9.00. The van der Waals surface area contributed by atoms with Crippen LogP contribution in [0.2, 0.25) is 0 Å². The summed E-state index contributed by atoms with van der Waals surface area (Å²) in [7, 11) is 0. The Morgan fingerprint density at radius 1 is 0.939 bits per heavy atom. The van der Waals surface area contributed by atoms with Crippen molar-refractivity contribution in [2.45, 2.75) is 31.7 Å². The van der Waals surface area contributed by atoms with E-state index in [1.807, 2.05) is 36.5 Å². The third-order valence-electron chi connectivity index (χ3n) is 6.83. The number of carbonyl (C=O) groups is 3. The molecule has 7 nitrogen and oxygen atoms in total. The highest BCUT2D eigenvalue weighted by Crippen LogP contribution is 2.23. The first kappa shape index (κ1) is 21.2. The number of benzene rings is 2. The Bertz CT molecular complexity index is 1160. The van der Waals surface area contributed by atoms with E-state index in [0.717, 1.165) is 40.6 Å². The molecule has 0 radical (unpaired) electrons. The van der Waals surface area contributed by atoms with Gasteiger partial charge in [0.15, 0.2) is 0 Å². The zero-order valence-corrected chi connectivity index (χ0v) is 18.5. The zero-order valence-electron chi connectivity index (χ0n) is 18.5. The molecule has 0 aliphatic carbocycles. The second-order valence-electron chi connectivity index (χ2n) is 9.00. The number of imide groups is 1. The van der Waals surface area contributed by atoms with E-state index in [1.165, 1.54) is 5.56 Å². The molecule has 1 atom stereocenters. The van der Waals surface area contributed by atoms with Crippen molar-refractivity contribution in [1.82, 2.24) is 20.1 Å². The molecule has 170 valence electrons. The van der Waals surface area contributed by atoms with Crippen molar-refractivity contribution in [2.75, 3.05) is 19.6 Å². The second kappa shape index (κ2) is 9.10. The number of urea groups is 1. The quantitative estimate of drug-likeness (QED) is 0.573. The van der Waals surface area contributed by atoms with Crippen LogP contribution in [0.1, 0.15) is 24.0 Å². The molecule has 0 spiro atoms. The minimum Gasteiger partial charge on any atom is -0.361 e. The molecule has 7 heteroatoms. The minimum absolute atomic E-state index is 0.163. The molecular weight excluding hydrogens is 416 g/mol. The van der Waals surface area contributed by atoms with Crippen molar-refractivity contribution in [3.63, 3.8) is 0 Å². The monoisotopic (exact) mass is 444 g/mol. The average Bonchev–Trinajstić information content (AvgIpc) is 3.36. The molecule has 2 aliphatic heterocycles. The molecule has 33 heavy (non-hydrogen) atoms. The number of nitrogens with one attached hydrogen (secondary N) is 2. The van der Waals surface area contributed by atoms with Gasteiger partial charge in [0.05, 0.1) is 0 Å². The molecule has 0 unspecified atom stereocenters. The standard InChI is InChI=1S/C26H28N4O3/c31-24(29-12-10-19(11-13-29)14-18-6-2-1-3-7-18)17-30-25(32)23(28-26(30)33)15-20-16-27-22-9-5-4-8-21(20)22/h1-9,16,19,23,27H,10-15,17H2,(H,28,33)/t23-/m1/s1. The van der Waals surface area contributed by atoms with Gasteiger partial charge >= 0.3 is 6.03 Å². The van der Waals surface area contributed by atoms with Crippen LogP contribution >= 0.6 is 0 Å². The van der Waals surface area contributed by atoms with Crippen molar-refractivity contribution in [3.8, 4) is 0 Å². The maximum Gasteiger partial charge on any atom is 0.325 e. The lowest BCUT2D eigenvalue weighted by atomic mass is 9.90. The number of para-hydroxylation sites is 1. The summed E-state index contributed by atoms with van der Waals surface area (Å²) in [4.78, 5) is 44.3. The molecule has 0 saturated carbocycles. The third kappa shape index (κ3) is 4.49. The summed E-state index contributed by atoms with van der Waals surface area (Å²) in [6.07, 6.45) is 5.15. The average molecular weight is 445 g/mol. The lowest BCUT2D eigenvalue weighted by Crippen LogP contribution is -2.46. The van der Waals surface area contributed by atoms with Crippen molar-refractivity contribution in [2.24, 2.45) is 5.92 Å². The Morgan fingerprint density at radius 3 is 2.45 bits per heavy atom. The van der Waals surface area contributed by atoms with Gasteiger partial charge in [-0.3, -0.25) is 14.5 Å². The zero-order chi connectivity index (χ0) is 22.8. The summed E-state index contributed by atoms with van der Waals surface area (Å²) in [5.74, 6) is 0.0516. The number of aromatic nitrogens is 1. The molecule has 2 aromatic carbocycles. The van der Waals surface area contributed by atoms with E-state index >= 15 is 0 Å². The van der Waals surface area contributed by atoms with Crippen LogP contribution < -0.4 is 5.32 Å². The molecule has 2 N–H and O–H groups in total. The lowest BCUT2D eigenvalue weighted by molar-refractivity contribution is -0.138. The summed E-state index contributed by atoms with van der Waals surface area (Å²) in [5, 5.41) is 3.79. The first-order valence-electron chi connectivity index (χ1n) is 11.6. The van der Waals surface area contributed by atoms with Gasteiger partial charge in [-0.05, 0) is 42.4 Å². The van der Waals surface area contributed by atoms with Gasteiger partial charge in [-0.1, -0.05) is 48.5 Å². The lowest BCUT2D eigenvalue weighted by Gasteiger charge is -2.32. The predicted octanol–water partition coefficient (Wildman–Crippen LogP) is 3.11. The summed E-state index contributed by atoms with van der Waals surface area (Å²) in [5.41, 5.74) is 3.28. The number of carbonyl (C=O) groups excluding carboxylic acids is 3. The van der Waals surface area contributed by atoms with Crippen LogP contribution in [-0.4, -0.2) is 58.3 Å². The van der Waals surface area contributed by atoms with Crippen LogP contribution in [0, 0.1) is 5.92 Å². The van der Waals surface area contributed by atoms with Crippen LogP contribution in [0.3, 0.4) is 0 Å². The number of nitrogens with zero attached hydrogens (tertiary/aromatic N) is 2. The topological polar surface area (TPSA) is 85.5 Å². The van der Waals surface area contributed by atoms with Crippen molar-refractivity contribution in [1.29, 1.82) is 0 Å². The molecule has 2 fully saturated rings. The Labute approximate surface area is 192 Å². The third-order valence-corrected chi connectivity index (χ3v) is 6.83. The number of piperidine rings is 1. The van der Waals surface area contributed by atoms with Gasteiger partial charge in [0.1, 0.15) is 12.6 Å². The van der Waals surface area contributed by atoms with Crippen LogP contribution in [0.15, 0.2) is 60.8 Å². The van der Waals surface area contributed by atoms with Crippen molar-refractivity contribution < 1.29 is 14.4 Å². The van der Waals surface area contributed by atoms with Crippen molar-refractivity contribution in [3.05, 3.63) is 71.9 Å². The molecular formula is C26H28N4O3. The number of H-pyrrole nitrogens is 1. The highest BCUT2D eigenvalue weighted by Gasteiger charge is 2.40. The molecule has 1 aromatic heterocycles. The SMILES string of the molecule is O=C(CN1C(=O)N[C@H](Cc2c[nH]c3ccccc23)C1=O)N1CCC(Cc2ccccc2)CC1. The maximum absolute atomic E-state index is 12.9. The highest BCUT2D eigenvalue weighted by molar-refractivity contribution is 6.06. The molecule has 2 saturated heterocycles. The number of rotatable bonds is 6. The number of hydrogen-bond donors (Lipinski definition) is 2. The van der Waals surface area contributed by atoms with E-state index in [0.29, 0.717) is 25.4 Å². The Balaban J connectivity index is 1.15. The summed E-state index contributed by atoms with van der Waals surface area (Å²) >= 11 is 0. The fourth-order valence-corrected chi connectivity index (χ4v) is 4.95. The normalized spacial score (nSPS) is 19.3. The molecule has 3 aromatic rings. The Morgan fingerprint density at radius 2 is 1.67 bits per heavy atom. The van der Waals surface area contributed by atoms with Crippen molar-refractivity contribution >= 4 is 28.7 Å². The van der Waals surface area contributed by atoms with Gasteiger partial charge in [0.25, 0.3) is 5.91 Å². The minimum atomic E-state index is -0.652. The van der Waals surface area contributed by atoms with Gasteiger partial charge in [-0.25, -0.2) is 4.79 Å². The number of fused-ring (bicyclic) bond motifs is 1. The largest absolute Gasteiger partial charge is 0.361 e. The van der Waals surface area contributed by atoms with E-state index in [9.17, 15) is 14.4 Å². The Hall–Kier alpha value is -3.61. The van der Waals surface area contributed by atoms with Crippen LogP contribution in [0.25, 0.3) is 10.9 Å². The summed E-state index contributed by atoms with van der Waals surface area (Å²) < 4.78 is 0. The van der Waals surface area contributed by atoms with Gasteiger partial charge < -0.3 is 15.2 Å². The van der Waals surface area contributed by atoms with E-state index in [-0.39, 0.29) is 18.4 Å². The predicted molar refractivity (Wildman–Crippen MR) is 125 cm³/mol. The van der Waals surface area contributed by atoms with Gasteiger partial charge in [0.2, 0.25) is 5.91 Å². The number of hydrogen-bond acceptors (Lipinski definition) is 3. The first-order valence-corrected chi connectivity index (χ1v) is 11.6. The van der Waals surface area contributed by atoms with Gasteiger partial charge in [-0.2, -0.15) is 0 Å². The number of likely N-dealkylation sites (tertiary alicyclic amines) is 1. The highest BCUT2D eigenvalue weighted by atomic mass is 16.2. The van der Waals surface area contributed by atoms with Crippen LogP contribution in [0.5, 0.6) is 0 Å². The van der Waals surface area contributed by atoms with E-state index in [4.69, 9.17) is 0 Å². The number of aromatic amines is 1.